The summed E-state index contributed by atoms with van der Waals surface area (Å²) in [6, 6.07) is -5.34. The molecule has 28 nitrogen and oxygen atoms in total. The maximum atomic E-state index is 13.0. The number of hydrogen-bond acceptors (Lipinski definition) is 22. The van der Waals surface area contributed by atoms with Gasteiger partial charge in [-0.1, -0.05) is 0 Å². The summed E-state index contributed by atoms with van der Waals surface area (Å²) in [5.74, 6) is -18.9. The molecule has 0 bridgehead atoms. The lowest BCUT2D eigenvalue weighted by Crippen LogP contribution is -2.71. The van der Waals surface area contributed by atoms with Gasteiger partial charge in [0.25, 0.3) is 17.4 Å². The summed E-state index contributed by atoms with van der Waals surface area (Å²) in [7, 11) is 0. The van der Waals surface area contributed by atoms with E-state index in [4.69, 9.17) is 23.7 Å². The fourth-order valence-corrected chi connectivity index (χ4v) is 7.32. The van der Waals surface area contributed by atoms with Gasteiger partial charge in [-0.3, -0.25) is 14.4 Å². The molecule has 3 saturated heterocycles. The molecule has 3 fully saturated rings. The molecule has 3 aliphatic rings. The van der Waals surface area contributed by atoms with E-state index in [-0.39, 0.29) is 0 Å². The zero-order chi connectivity index (χ0) is 46.5. The Morgan fingerprint density at radius 1 is 0.557 bits per heavy atom. The molecule has 0 aromatic rings. The zero-order valence-electron chi connectivity index (χ0n) is 32.7. The quantitative estimate of drug-likeness (QED) is 0.0572. The van der Waals surface area contributed by atoms with Crippen LogP contribution in [0.1, 0.15) is 40.0 Å². The number of nitrogens with one attached hydrogen (secondary N) is 3. The number of aliphatic hydroxyl groups excluding tert-OH is 10. The second-order valence-corrected chi connectivity index (χ2v) is 14.8. The minimum absolute atomic E-state index is 0.842. The Hall–Kier alpha value is -3.82. The third-order valence-corrected chi connectivity index (χ3v) is 10.2. The SMILES string of the molecule is CC(=O)N[C@H]1[C@H]([C@@H](O)[C@H](O)CO)O[C@@](O[C@H](CO)[C@H](O)[C@@H]2O[C@@](O[C@H](CO)[C@H](O)[C@@H]3O[C@@](O)(C(=O)O)C[C@H](O)[C@H]3NC(C)=O)(C(=O)O)C[C@H](O)[C@H]2NC(C)=O)(C(=O)O)C[C@@H]1O. The normalized spacial score (nSPS) is 37.2. The van der Waals surface area contributed by atoms with Gasteiger partial charge in [0.1, 0.15) is 54.9 Å². The molecule has 3 heterocycles. The van der Waals surface area contributed by atoms with Crippen molar-refractivity contribution < 1.29 is 124 Å². The first-order chi connectivity index (χ1) is 28.2. The van der Waals surface area contributed by atoms with Crippen molar-refractivity contribution in [3.8, 4) is 0 Å². The molecule has 0 radical (unpaired) electrons. The Labute approximate surface area is 344 Å². The molecule has 3 aliphatic heterocycles. The van der Waals surface area contributed by atoms with Gasteiger partial charge in [0.15, 0.2) is 0 Å². The Morgan fingerprint density at radius 3 is 1.18 bits per heavy atom. The van der Waals surface area contributed by atoms with Crippen molar-refractivity contribution in [1.29, 1.82) is 0 Å². The molecular weight excluding hydrogens is 838 g/mol. The fraction of sp³-hybridized carbons (Fsp3) is 0.818. The first kappa shape index (κ1) is 51.5. The Balaban J connectivity index is 2.08. The van der Waals surface area contributed by atoms with Crippen LogP contribution in [0.2, 0.25) is 0 Å². The van der Waals surface area contributed by atoms with E-state index in [2.05, 4.69) is 16.0 Å². The monoisotopic (exact) mass is 891 g/mol. The van der Waals surface area contributed by atoms with Crippen LogP contribution < -0.4 is 16.0 Å². The Bertz CT molecular complexity index is 1590. The van der Waals surface area contributed by atoms with Crippen LogP contribution in [0.4, 0.5) is 0 Å². The van der Waals surface area contributed by atoms with Crippen LogP contribution in [-0.4, -0.2) is 236 Å². The maximum absolute atomic E-state index is 13.0. The molecule has 0 aliphatic carbocycles. The van der Waals surface area contributed by atoms with Crippen molar-refractivity contribution in [2.45, 2.75) is 149 Å². The molecule has 350 valence electrons. The van der Waals surface area contributed by atoms with E-state index in [0.717, 1.165) is 20.8 Å². The van der Waals surface area contributed by atoms with Crippen molar-refractivity contribution in [3.05, 3.63) is 0 Å². The maximum Gasteiger partial charge on any atom is 0.364 e. The molecule has 3 amide bonds. The number of carbonyl (C=O) groups excluding carboxylic acids is 3. The highest BCUT2D eigenvalue weighted by molar-refractivity contribution is 5.78. The van der Waals surface area contributed by atoms with Crippen LogP contribution in [0.25, 0.3) is 0 Å². The molecule has 3 rings (SSSR count). The standard InChI is InChI=1S/C33H53N3O25/c1-10(40)34-19-13(43)4-31(56,28(50)51)59-26(19)23(48)17(8-38)57-33(30(54)55)6-15(45)21(36-12(3)42)27(61-33)24(49)18(9-39)58-32(29(52)53)5-14(44)20(35-11(2)41)25(60-32)22(47)16(46)7-37/h13-27,37-39,43-49,56H,4-9H2,1-3H3,(H,34,40)(H,35,41)(H,36,42)(H,50,51)(H,52,53)(H,54,55)/t13-,14-,15-,16+,17+,18+,19+,20+,21+,22-,23-,24-,25+,26+,27+,31+,32+,33+/m0/s1. The average Bonchev–Trinajstić information content (AvgIpc) is 3.17. The topological polar surface area (TPSA) is 468 Å². The molecule has 0 saturated carbocycles. The van der Waals surface area contributed by atoms with Crippen LogP contribution in [0, 0.1) is 0 Å². The van der Waals surface area contributed by atoms with Crippen LogP contribution >= 0.6 is 0 Å². The fourth-order valence-electron chi connectivity index (χ4n) is 7.32. The lowest BCUT2D eigenvalue weighted by Gasteiger charge is -2.50. The minimum atomic E-state index is -3.35. The second kappa shape index (κ2) is 20.6. The van der Waals surface area contributed by atoms with E-state index < -0.39 is 183 Å². The van der Waals surface area contributed by atoms with Gasteiger partial charge in [-0.2, -0.15) is 0 Å². The predicted octanol–water partition coefficient (Wildman–Crippen LogP) is -9.52. The summed E-state index contributed by atoms with van der Waals surface area (Å²) < 4.78 is 27.3. The molecule has 0 aromatic heterocycles. The summed E-state index contributed by atoms with van der Waals surface area (Å²) in [5.41, 5.74) is 0. The molecule has 17 N–H and O–H groups in total. The van der Waals surface area contributed by atoms with Crippen LogP contribution in [0.3, 0.4) is 0 Å². The highest BCUT2D eigenvalue weighted by atomic mass is 16.8. The first-order valence-corrected chi connectivity index (χ1v) is 18.5. The third-order valence-electron chi connectivity index (χ3n) is 10.2. The zero-order valence-corrected chi connectivity index (χ0v) is 32.7. The Kier molecular flexibility index (Phi) is 17.4. The number of aliphatic carboxylic acids is 3. The second-order valence-electron chi connectivity index (χ2n) is 14.8. The van der Waals surface area contributed by atoms with Crippen LogP contribution in [-0.2, 0) is 52.5 Å². The summed E-state index contributed by atoms with van der Waals surface area (Å²) in [6.45, 7) is -1.20. The van der Waals surface area contributed by atoms with Crippen molar-refractivity contribution >= 4 is 35.6 Å². The lowest BCUT2D eigenvalue weighted by molar-refractivity contribution is -0.356. The molecular formula is C33H53N3O25. The summed E-state index contributed by atoms with van der Waals surface area (Å²) in [4.78, 5) is 73.8. The number of carboxylic acids is 3. The highest BCUT2D eigenvalue weighted by Gasteiger charge is 2.62. The highest BCUT2D eigenvalue weighted by Crippen LogP contribution is 2.39. The van der Waals surface area contributed by atoms with Gasteiger partial charge in [0, 0.05) is 40.0 Å². The first-order valence-electron chi connectivity index (χ1n) is 18.5. The predicted molar refractivity (Wildman–Crippen MR) is 188 cm³/mol. The number of aliphatic hydroxyl groups is 11. The Morgan fingerprint density at radius 2 is 0.885 bits per heavy atom. The minimum Gasteiger partial charge on any atom is -0.477 e. The molecule has 0 unspecified atom stereocenters. The number of hydrogen-bond donors (Lipinski definition) is 17. The van der Waals surface area contributed by atoms with E-state index in [9.17, 15) is 100 Å². The van der Waals surface area contributed by atoms with Gasteiger partial charge in [-0.05, 0) is 0 Å². The van der Waals surface area contributed by atoms with E-state index in [1.165, 1.54) is 0 Å². The molecule has 28 heteroatoms. The summed E-state index contributed by atoms with van der Waals surface area (Å²) >= 11 is 0. The molecule has 18 atom stereocenters. The van der Waals surface area contributed by atoms with Crippen molar-refractivity contribution in [3.63, 3.8) is 0 Å². The van der Waals surface area contributed by atoms with Gasteiger partial charge in [0.05, 0.1) is 56.3 Å². The van der Waals surface area contributed by atoms with Crippen molar-refractivity contribution in [1.82, 2.24) is 16.0 Å². The molecule has 0 spiro atoms. The number of rotatable bonds is 19. The van der Waals surface area contributed by atoms with Crippen LogP contribution in [0.15, 0.2) is 0 Å². The smallest absolute Gasteiger partial charge is 0.364 e. The summed E-state index contributed by atoms with van der Waals surface area (Å²) in [6.07, 6.45) is -30.5. The largest absolute Gasteiger partial charge is 0.477 e. The van der Waals surface area contributed by atoms with E-state index in [1.807, 2.05) is 0 Å². The number of carbonyl (C=O) groups is 6. The molecule has 61 heavy (non-hydrogen) atoms. The van der Waals surface area contributed by atoms with Gasteiger partial charge in [-0.15, -0.1) is 0 Å². The van der Waals surface area contributed by atoms with Gasteiger partial charge in [-0.25, -0.2) is 14.4 Å². The number of carboxylic acid groups (broad SMARTS) is 3. The van der Waals surface area contributed by atoms with E-state index >= 15 is 0 Å². The van der Waals surface area contributed by atoms with Crippen molar-refractivity contribution in [2.75, 3.05) is 19.8 Å². The van der Waals surface area contributed by atoms with Crippen LogP contribution in [0.5, 0.6) is 0 Å². The molecule has 0 aromatic carbocycles. The van der Waals surface area contributed by atoms with Gasteiger partial charge >= 0.3 is 17.9 Å². The number of amides is 3. The average molecular weight is 892 g/mol. The van der Waals surface area contributed by atoms with E-state index in [0.29, 0.717) is 0 Å². The summed E-state index contributed by atoms with van der Waals surface area (Å²) in [5, 5.41) is 155. The van der Waals surface area contributed by atoms with Gasteiger partial charge < -0.3 is 111 Å². The van der Waals surface area contributed by atoms with Crippen molar-refractivity contribution in [2.24, 2.45) is 0 Å². The lowest BCUT2D eigenvalue weighted by atomic mass is 9.86. The van der Waals surface area contributed by atoms with E-state index in [1.54, 1.807) is 0 Å². The number of ether oxygens (including phenoxy) is 5. The third kappa shape index (κ3) is 11.4. The van der Waals surface area contributed by atoms with Gasteiger partial charge in [0.2, 0.25) is 17.7 Å².